The smallest absolute Gasteiger partial charge is 0.351 e. The molecule has 6 bridgehead atoms. The molecule has 13 heteroatoms. The van der Waals surface area contributed by atoms with E-state index in [0.717, 1.165) is 18.9 Å². The van der Waals surface area contributed by atoms with Crippen LogP contribution in [0.5, 0.6) is 0 Å². The van der Waals surface area contributed by atoms with Gasteiger partial charge in [0, 0.05) is 36.7 Å². The van der Waals surface area contributed by atoms with Crippen molar-refractivity contribution >= 4 is 26.7 Å². The Morgan fingerprint density at radius 1 is 0.957 bits per heavy atom. The number of rotatable bonds is 1. The molecule has 2 fully saturated rings. The van der Waals surface area contributed by atoms with E-state index < -0.39 is 44.3 Å². The summed E-state index contributed by atoms with van der Waals surface area (Å²) in [4.78, 5) is 34.0. The minimum Gasteiger partial charge on any atom is -0.360 e. The fourth-order valence-corrected chi connectivity index (χ4v) is 9.29. The molecule has 0 aliphatic carbocycles. The molecule has 6 aliphatic heterocycles. The van der Waals surface area contributed by atoms with Gasteiger partial charge in [0.05, 0.1) is 28.0 Å². The van der Waals surface area contributed by atoms with E-state index >= 15 is 13.2 Å². The normalized spacial score (nSPS) is 26.3. The first-order valence-corrected chi connectivity index (χ1v) is 18.5. The average Bonchev–Trinajstić information content (AvgIpc) is 3.01. The zero-order valence-corrected chi connectivity index (χ0v) is 28.3. The number of halogens is 3. The highest BCUT2D eigenvalue weighted by molar-refractivity contribution is 7.91. The van der Waals surface area contributed by atoms with E-state index in [4.69, 9.17) is 0 Å². The summed E-state index contributed by atoms with van der Waals surface area (Å²) in [6.07, 6.45) is 3.35. The van der Waals surface area contributed by atoms with Crippen LogP contribution in [0.4, 0.5) is 19.0 Å². The van der Waals surface area contributed by atoms with E-state index in [0.29, 0.717) is 55.5 Å². The lowest BCUT2D eigenvalue weighted by atomic mass is 9.83. The van der Waals surface area contributed by atoms with Crippen LogP contribution in [0, 0.1) is 11.7 Å². The predicted octanol–water partition coefficient (Wildman–Crippen LogP) is 5.25. The van der Waals surface area contributed by atoms with Gasteiger partial charge in [0.15, 0.2) is 0 Å². The summed E-state index contributed by atoms with van der Waals surface area (Å²) in [5, 5.41) is 3.63. The molecule has 0 radical (unpaired) electrons. The zero-order chi connectivity index (χ0) is 33.9. The van der Waals surface area contributed by atoms with Gasteiger partial charge in [0.1, 0.15) is 27.1 Å². The van der Waals surface area contributed by atoms with Gasteiger partial charge in [-0.1, -0.05) is 24.6 Å². The molecule has 6 aliphatic rings. The standard InChI is InChI=1S/C34H44F3N5O4S/c1-21-8-5-6-15-42-30-25(20-24(31(43)40(30)4)22-13-18-47(45,46)19-14-22)29(38-32(42)44)39-33(2,3)26-9-7-10-27(28(26)35)34(36,37)23-11-16-41(21)17-12-23/h7,9-10,20-23H,5-6,8,11-19H2,1-4H3,(H,38,39,44). The van der Waals surface area contributed by atoms with Gasteiger partial charge in [-0.25, -0.2) is 26.4 Å². The largest absolute Gasteiger partial charge is 0.360 e. The molecule has 1 atom stereocenters. The van der Waals surface area contributed by atoms with Crippen LogP contribution in [0.2, 0.25) is 0 Å². The molecule has 1 unspecified atom stereocenters. The van der Waals surface area contributed by atoms with Crippen molar-refractivity contribution in [3.05, 3.63) is 67.6 Å². The molecule has 1 N–H and O–H groups in total. The van der Waals surface area contributed by atoms with Crippen LogP contribution >= 0.6 is 0 Å². The van der Waals surface area contributed by atoms with Crippen molar-refractivity contribution in [2.45, 2.75) is 95.7 Å². The zero-order valence-electron chi connectivity index (χ0n) is 27.5. The van der Waals surface area contributed by atoms with Crippen LogP contribution in [0.3, 0.4) is 0 Å². The van der Waals surface area contributed by atoms with Crippen molar-refractivity contribution in [3.8, 4) is 0 Å². The maximum atomic E-state index is 16.3. The van der Waals surface area contributed by atoms with Gasteiger partial charge in [-0.2, -0.15) is 4.98 Å². The fourth-order valence-electron chi connectivity index (χ4n) is 7.80. The maximum absolute atomic E-state index is 16.3. The molecule has 2 saturated heterocycles. The van der Waals surface area contributed by atoms with Crippen LogP contribution in [-0.2, 0) is 34.9 Å². The summed E-state index contributed by atoms with van der Waals surface area (Å²) in [5.41, 5.74) is -2.08. The topological polar surface area (TPSA) is 106 Å². The number of anilines is 1. The summed E-state index contributed by atoms with van der Waals surface area (Å²) < 4.78 is 75.6. The molecule has 9 rings (SSSR count). The Labute approximate surface area is 273 Å². The van der Waals surface area contributed by atoms with E-state index in [9.17, 15) is 18.0 Å². The van der Waals surface area contributed by atoms with Gasteiger partial charge < -0.3 is 10.2 Å². The second-order valence-electron chi connectivity index (χ2n) is 14.2. The summed E-state index contributed by atoms with van der Waals surface area (Å²) in [6, 6.07) is 5.89. The number of nitrogens with one attached hydrogen (secondary N) is 1. The Morgan fingerprint density at radius 3 is 2.30 bits per heavy atom. The van der Waals surface area contributed by atoms with Gasteiger partial charge in [-0.3, -0.25) is 13.9 Å². The summed E-state index contributed by atoms with van der Waals surface area (Å²) in [6.45, 7) is 6.69. The van der Waals surface area contributed by atoms with Gasteiger partial charge >= 0.3 is 5.69 Å². The minimum absolute atomic E-state index is 0.000286. The number of aromatic nitrogens is 3. The Kier molecular flexibility index (Phi) is 8.86. The number of benzene rings is 1. The van der Waals surface area contributed by atoms with Gasteiger partial charge in [-0.15, -0.1) is 0 Å². The highest BCUT2D eigenvalue weighted by Crippen LogP contribution is 2.45. The van der Waals surface area contributed by atoms with Gasteiger partial charge in [-0.05, 0) is 84.4 Å². The summed E-state index contributed by atoms with van der Waals surface area (Å²) >= 11 is 0. The van der Waals surface area contributed by atoms with Gasteiger partial charge in [0.2, 0.25) is 0 Å². The summed E-state index contributed by atoms with van der Waals surface area (Å²) in [7, 11) is -1.59. The minimum atomic E-state index is -3.37. The molecule has 0 amide bonds. The second kappa shape index (κ2) is 12.4. The van der Waals surface area contributed by atoms with Crippen LogP contribution in [0.1, 0.15) is 88.3 Å². The molecule has 1 aromatic carbocycles. The lowest BCUT2D eigenvalue weighted by molar-refractivity contribution is -0.0907. The molecule has 0 saturated carbocycles. The molecular weight excluding hydrogens is 631 g/mol. The Bertz CT molecular complexity index is 1900. The van der Waals surface area contributed by atoms with E-state index in [1.54, 1.807) is 27.0 Å². The molecule has 0 spiro atoms. The molecule has 8 heterocycles. The van der Waals surface area contributed by atoms with Crippen molar-refractivity contribution in [3.63, 3.8) is 0 Å². The van der Waals surface area contributed by atoms with Crippen molar-refractivity contribution in [1.29, 1.82) is 0 Å². The van der Waals surface area contributed by atoms with E-state index in [-0.39, 0.29) is 53.2 Å². The summed E-state index contributed by atoms with van der Waals surface area (Å²) in [5.74, 6) is -5.61. The third-order valence-electron chi connectivity index (χ3n) is 10.7. The quantitative estimate of drug-likeness (QED) is 0.376. The average molecular weight is 676 g/mol. The van der Waals surface area contributed by atoms with Crippen LogP contribution in [0.15, 0.2) is 33.9 Å². The second-order valence-corrected chi connectivity index (χ2v) is 16.5. The molecule has 2 aromatic heterocycles. The van der Waals surface area contributed by atoms with Crippen molar-refractivity contribution in [2.24, 2.45) is 13.0 Å². The first kappa shape index (κ1) is 33.7. The SMILES string of the molecule is CC1CCCCn2c(=O)nc(c3cc(C4CCS(=O)(=O)CC4)c(=O)n(C)c32)NC(C)(C)c2cccc(c2F)C(F)(F)C2CCN1CC2. The molecular formula is C34H44F3N5O4S. The van der Waals surface area contributed by atoms with Crippen LogP contribution in [0.25, 0.3) is 11.0 Å². The Balaban J connectivity index is 1.52. The van der Waals surface area contributed by atoms with E-state index in [1.165, 1.54) is 21.3 Å². The lowest BCUT2D eigenvalue weighted by Crippen LogP contribution is -2.44. The number of piperidine rings is 1. The number of pyridine rings is 1. The highest BCUT2D eigenvalue weighted by atomic mass is 32.2. The predicted molar refractivity (Wildman–Crippen MR) is 176 cm³/mol. The Hall–Kier alpha value is -3.19. The first-order chi connectivity index (χ1) is 22.1. The van der Waals surface area contributed by atoms with E-state index in [2.05, 4.69) is 22.1 Å². The molecule has 256 valence electrons. The first-order valence-electron chi connectivity index (χ1n) is 16.6. The molecule has 47 heavy (non-hydrogen) atoms. The third kappa shape index (κ3) is 6.25. The van der Waals surface area contributed by atoms with Crippen molar-refractivity contribution in [2.75, 3.05) is 29.9 Å². The molecule has 9 nitrogen and oxygen atoms in total. The van der Waals surface area contributed by atoms with Gasteiger partial charge in [0.25, 0.3) is 11.5 Å². The molecule has 3 aromatic rings. The number of hydrogen-bond acceptors (Lipinski definition) is 7. The number of hydrogen-bond donors (Lipinski definition) is 1. The Morgan fingerprint density at radius 2 is 1.62 bits per heavy atom. The lowest BCUT2D eigenvalue weighted by Gasteiger charge is -2.39. The number of nitrogens with zero attached hydrogens (tertiary/aromatic N) is 4. The number of alkyl halides is 2. The maximum Gasteiger partial charge on any atom is 0.351 e. The number of sulfone groups is 1. The fraction of sp³-hybridized carbons (Fsp3) is 0.618. The highest BCUT2D eigenvalue weighted by Gasteiger charge is 2.46. The third-order valence-corrected chi connectivity index (χ3v) is 12.5. The van der Waals surface area contributed by atoms with E-state index in [1.807, 2.05) is 0 Å². The van der Waals surface area contributed by atoms with Crippen molar-refractivity contribution < 1.29 is 21.6 Å². The van der Waals surface area contributed by atoms with Crippen LogP contribution in [-0.4, -0.2) is 58.1 Å². The van der Waals surface area contributed by atoms with Crippen molar-refractivity contribution in [1.82, 2.24) is 19.0 Å². The van der Waals surface area contributed by atoms with Crippen LogP contribution < -0.4 is 16.6 Å². The monoisotopic (exact) mass is 675 g/mol. The number of aryl methyl sites for hydroxylation is 2.